The van der Waals surface area contributed by atoms with Crippen LogP contribution < -0.4 is 10.6 Å². The SMILES string of the molecule is CN=C(NCC1CN(CC(C)C)CCO1)NC1CC1c1ccccc1C. The summed E-state index contributed by atoms with van der Waals surface area (Å²) in [6.07, 6.45) is 1.40. The molecule has 1 aliphatic carbocycles. The zero-order valence-electron chi connectivity index (χ0n) is 16.7. The zero-order valence-corrected chi connectivity index (χ0v) is 16.7. The maximum Gasteiger partial charge on any atom is 0.191 e. The largest absolute Gasteiger partial charge is 0.374 e. The molecule has 2 N–H and O–H groups in total. The Labute approximate surface area is 158 Å². The summed E-state index contributed by atoms with van der Waals surface area (Å²) in [6.45, 7) is 11.6. The molecule has 1 heterocycles. The summed E-state index contributed by atoms with van der Waals surface area (Å²) in [5, 5.41) is 7.03. The van der Waals surface area contributed by atoms with Gasteiger partial charge < -0.3 is 15.4 Å². The van der Waals surface area contributed by atoms with Crippen LogP contribution in [0, 0.1) is 12.8 Å². The Bertz CT molecular complexity index is 616. The number of hydrogen-bond acceptors (Lipinski definition) is 3. The van der Waals surface area contributed by atoms with Crippen molar-refractivity contribution < 1.29 is 4.74 Å². The van der Waals surface area contributed by atoms with Crippen molar-refractivity contribution in [1.29, 1.82) is 0 Å². The van der Waals surface area contributed by atoms with Gasteiger partial charge in [-0.15, -0.1) is 0 Å². The van der Waals surface area contributed by atoms with Crippen molar-refractivity contribution in [2.24, 2.45) is 10.9 Å². The fourth-order valence-electron chi connectivity index (χ4n) is 3.87. The molecule has 0 amide bonds. The van der Waals surface area contributed by atoms with Gasteiger partial charge in [0.05, 0.1) is 12.7 Å². The summed E-state index contributed by atoms with van der Waals surface area (Å²) in [6, 6.07) is 9.16. The van der Waals surface area contributed by atoms with Crippen molar-refractivity contribution in [3.63, 3.8) is 0 Å². The van der Waals surface area contributed by atoms with Crippen LogP contribution in [-0.4, -0.2) is 62.8 Å². The first-order valence-electron chi connectivity index (χ1n) is 9.93. The van der Waals surface area contributed by atoms with Gasteiger partial charge in [-0.25, -0.2) is 0 Å². The van der Waals surface area contributed by atoms with Crippen LogP contribution in [0.4, 0.5) is 0 Å². The van der Waals surface area contributed by atoms with Crippen molar-refractivity contribution in [3.05, 3.63) is 35.4 Å². The monoisotopic (exact) mass is 358 g/mol. The summed E-state index contributed by atoms with van der Waals surface area (Å²) in [5.74, 6) is 2.18. The minimum absolute atomic E-state index is 0.229. The van der Waals surface area contributed by atoms with Crippen LogP contribution in [-0.2, 0) is 4.74 Å². The fraction of sp³-hybridized carbons (Fsp3) is 0.667. The maximum absolute atomic E-state index is 5.92. The van der Waals surface area contributed by atoms with Gasteiger partial charge in [0, 0.05) is 45.2 Å². The van der Waals surface area contributed by atoms with Crippen LogP contribution in [0.1, 0.15) is 37.3 Å². The number of benzene rings is 1. The Hall–Kier alpha value is -1.59. The Kier molecular flexibility index (Phi) is 6.54. The quantitative estimate of drug-likeness (QED) is 0.605. The number of ether oxygens (including phenoxy) is 1. The molecule has 3 unspecified atom stereocenters. The van der Waals surface area contributed by atoms with Gasteiger partial charge in [-0.2, -0.15) is 0 Å². The lowest BCUT2D eigenvalue weighted by Gasteiger charge is -2.34. The third-order valence-corrected chi connectivity index (χ3v) is 5.27. The van der Waals surface area contributed by atoms with Crippen molar-refractivity contribution in [2.75, 3.05) is 39.8 Å². The van der Waals surface area contributed by atoms with Gasteiger partial charge in [0.15, 0.2) is 5.96 Å². The van der Waals surface area contributed by atoms with E-state index in [9.17, 15) is 0 Å². The number of aryl methyl sites for hydroxylation is 1. The molecule has 3 atom stereocenters. The van der Waals surface area contributed by atoms with Crippen molar-refractivity contribution in [1.82, 2.24) is 15.5 Å². The van der Waals surface area contributed by atoms with Crippen LogP contribution >= 0.6 is 0 Å². The third-order valence-electron chi connectivity index (χ3n) is 5.27. The molecule has 0 radical (unpaired) electrons. The molecule has 3 rings (SSSR count). The smallest absolute Gasteiger partial charge is 0.191 e. The second-order valence-electron chi connectivity index (χ2n) is 8.05. The summed E-state index contributed by atoms with van der Waals surface area (Å²) < 4.78 is 5.92. The van der Waals surface area contributed by atoms with Crippen molar-refractivity contribution in [3.8, 4) is 0 Å². The summed E-state index contributed by atoms with van der Waals surface area (Å²) in [7, 11) is 1.84. The second kappa shape index (κ2) is 8.87. The van der Waals surface area contributed by atoms with Gasteiger partial charge in [-0.05, 0) is 30.4 Å². The van der Waals surface area contributed by atoms with E-state index in [0.717, 1.165) is 38.7 Å². The summed E-state index contributed by atoms with van der Waals surface area (Å²) in [4.78, 5) is 6.90. The number of morpholine rings is 1. The third kappa shape index (κ3) is 5.21. The number of aliphatic imine (C=N–C) groups is 1. The molecule has 0 spiro atoms. The van der Waals surface area contributed by atoms with Crippen LogP contribution in [0.3, 0.4) is 0 Å². The van der Waals surface area contributed by atoms with E-state index in [1.165, 1.54) is 17.5 Å². The van der Waals surface area contributed by atoms with Gasteiger partial charge >= 0.3 is 0 Å². The number of rotatable bonds is 6. The minimum Gasteiger partial charge on any atom is -0.374 e. The molecule has 1 aromatic rings. The predicted octanol–water partition coefficient (Wildman–Crippen LogP) is 2.37. The van der Waals surface area contributed by atoms with Crippen molar-refractivity contribution >= 4 is 5.96 Å². The highest BCUT2D eigenvalue weighted by atomic mass is 16.5. The molecular formula is C21H34N4O. The molecule has 2 fully saturated rings. The van der Waals surface area contributed by atoms with E-state index in [1.54, 1.807) is 0 Å². The van der Waals surface area contributed by atoms with E-state index in [4.69, 9.17) is 4.74 Å². The van der Waals surface area contributed by atoms with E-state index >= 15 is 0 Å². The highest BCUT2D eigenvalue weighted by Gasteiger charge is 2.39. The van der Waals surface area contributed by atoms with Crippen LogP contribution in [0.5, 0.6) is 0 Å². The van der Waals surface area contributed by atoms with Gasteiger partial charge in [-0.1, -0.05) is 38.1 Å². The number of nitrogens with zero attached hydrogens (tertiary/aromatic N) is 2. The Morgan fingerprint density at radius 3 is 2.88 bits per heavy atom. The van der Waals surface area contributed by atoms with Gasteiger partial charge in [0.25, 0.3) is 0 Å². The first-order chi connectivity index (χ1) is 12.6. The van der Waals surface area contributed by atoms with E-state index in [1.807, 2.05) is 7.05 Å². The van der Waals surface area contributed by atoms with Crippen LogP contribution in [0.25, 0.3) is 0 Å². The summed E-state index contributed by atoms with van der Waals surface area (Å²) >= 11 is 0. The van der Waals surface area contributed by atoms with E-state index in [0.29, 0.717) is 17.9 Å². The fourth-order valence-corrected chi connectivity index (χ4v) is 3.87. The van der Waals surface area contributed by atoms with Crippen molar-refractivity contribution in [2.45, 2.75) is 45.3 Å². The lowest BCUT2D eigenvalue weighted by Crippen LogP contribution is -2.50. The maximum atomic E-state index is 5.92. The molecular weight excluding hydrogens is 324 g/mol. The highest BCUT2D eigenvalue weighted by Crippen LogP contribution is 2.41. The normalized spacial score (nSPS) is 26.8. The lowest BCUT2D eigenvalue weighted by molar-refractivity contribution is -0.0284. The Morgan fingerprint density at radius 2 is 2.15 bits per heavy atom. The number of guanidine groups is 1. The van der Waals surface area contributed by atoms with E-state index in [-0.39, 0.29) is 6.10 Å². The first-order valence-corrected chi connectivity index (χ1v) is 9.93. The topological polar surface area (TPSA) is 48.9 Å². The van der Waals surface area contributed by atoms with Gasteiger partial charge in [0.1, 0.15) is 0 Å². The first kappa shape index (κ1) is 19.2. The molecule has 1 aliphatic heterocycles. The number of hydrogen-bond donors (Lipinski definition) is 2. The Balaban J connectivity index is 1.44. The molecule has 5 heteroatoms. The standard InChI is InChI=1S/C21H34N4O/c1-15(2)13-25-9-10-26-17(14-25)12-23-21(22-4)24-20-11-19(20)18-8-6-5-7-16(18)3/h5-8,15,17,19-20H,9-14H2,1-4H3,(H2,22,23,24). The highest BCUT2D eigenvalue weighted by molar-refractivity contribution is 5.80. The molecule has 1 saturated carbocycles. The van der Waals surface area contributed by atoms with E-state index in [2.05, 4.69) is 65.6 Å². The molecule has 144 valence electrons. The second-order valence-corrected chi connectivity index (χ2v) is 8.05. The van der Waals surface area contributed by atoms with Crippen LogP contribution in [0.15, 0.2) is 29.3 Å². The van der Waals surface area contributed by atoms with Crippen LogP contribution in [0.2, 0.25) is 0 Å². The average molecular weight is 359 g/mol. The molecule has 0 bridgehead atoms. The van der Waals surface area contributed by atoms with Gasteiger partial charge in [0.2, 0.25) is 0 Å². The molecule has 1 aromatic carbocycles. The molecule has 1 saturated heterocycles. The molecule has 5 nitrogen and oxygen atoms in total. The van der Waals surface area contributed by atoms with E-state index < -0.39 is 0 Å². The molecule has 0 aromatic heterocycles. The lowest BCUT2D eigenvalue weighted by atomic mass is 10.0. The molecule has 26 heavy (non-hydrogen) atoms. The zero-order chi connectivity index (χ0) is 18.5. The summed E-state index contributed by atoms with van der Waals surface area (Å²) in [5.41, 5.74) is 2.84. The number of nitrogens with one attached hydrogen (secondary N) is 2. The predicted molar refractivity (Wildman–Crippen MR) is 108 cm³/mol. The Morgan fingerprint density at radius 1 is 1.35 bits per heavy atom. The minimum atomic E-state index is 0.229. The average Bonchev–Trinajstić information content (AvgIpc) is 3.37. The van der Waals surface area contributed by atoms with Gasteiger partial charge in [-0.3, -0.25) is 9.89 Å². The molecule has 2 aliphatic rings.